The van der Waals surface area contributed by atoms with Gasteiger partial charge in [0.2, 0.25) is 0 Å². The van der Waals surface area contributed by atoms with Gasteiger partial charge in [0, 0.05) is 16.9 Å². The normalized spacial score (nSPS) is 17.5. The molecule has 76 valence electrons. The van der Waals surface area contributed by atoms with Crippen LogP contribution in [0.5, 0.6) is 0 Å². The molecule has 2 rings (SSSR count). The predicted molar refractivity (Wildman–Crippen MR) is 61.2 cm³/mol. The van der Waals surface area contributed by atoms with Crippen LogP contribution >= 0.6 is 0 Å². The number of benzene rings is 1. The second kappa shape index (κ2) is 3.52. The molecule has 1 aliphatic rings. The first-order valence-corrected chi connectivity index (χ1v) is 5.34. The molecule has 14 heavy (non-hydrogen) atoms. The lowest BCUT2D eigenvalue weighted by Crippen LogP contribution is -2.05. The minimum absolute atomic E-state index is 0.606. The van der Waals surface area contributed by atoms with E-state index in [0.717, 1.165) is 16.9 Å². The molecular formula is C12H18N2. The number of nitrogens with two attached hydrogens (primary N) is 2. The van der Waals surface area contributed by atoms with E-state index in [4.69, 9.17) is 11.5 Å². The number of rotatable bonds is 1. The summed E-state index contributed by atoms with van der Waals surface area (Å²) in [5.41, 5.74) is 16.2. The zero-order valence-corrected chi connectivity index (χ0v) is 8.72. The predicted octanol–water partition coefficient (Wildman–Crippen LogP) is 2.82. The Morgan fingerprint density at radius 1 is 1.14 bits per heavy atom. The van der Waals surface area contributed by atoms with Crippen molar-refractivity contribution in [1.29, 1.82) is 0 Å². The van der Waals surface area contributed by atoms with E-state index in [1.165, 1.54) is 31.2 Å². The Labute approximate surface area is 85.3 Å². The van der Waals surface area contributed by atoms with Crippen molar-refractivity contribution < 1.29 is 0 Å². The summed E-state index contributed by atoms with van der Waals surface area (Å²) in [6.45, 7) is 2.05. The summed E-state index contributed by atoms with van der Waals surface area (Å²) in [7, 11) is 0. The fourth-order valence-corrected chi connectivity index (χ4v) is 2.43. The van der Waals surface area contributed by atoms with Crippen molar-refractivity contribution >= 4 is 11.4 Å². The minimum atomic E-state index is 0.606. The van der Waals surface area contributed by atoms with Crippen molar-refractivity contribution in [3.05, 3.63) is 23.3 Å². The van der Waals surface area contributed by atoms with Gasteiger partial charge in [0.25, 0.3) is 0 Å². The van der Waals surface area contributed by atoms with E-state index in [-0.39, 0.29) is 0 Å². The van der Waals surface area contributed by atoms with Gasteiger partial charge >= 0.3 is 0 Å². The van der Waals surface area contributed by atoms with Crippen LogP contribution in [0.25, 0.3) is 0 Å². The van der Waals surface area contributed by atoms with Gasteiger partial charge in [-0.1, -0.05) is 18.9 Å². The Morgan fingerprint density at radius 2 is 1.79 bits per heavy atom. The van der Waals surface area contributed by atoms with E-state index < -0.39 is 0 Å². The summed E-state index contributed by atoms with van der Waals surface area (Å²) < 4.78 is 0. The second-order valence-electron chi connectivity index (χ2n) is 4.28. The van der Waals surface area contributed by atoms with E-state index in [0.29, 0.717) is 5.92 Å². The molecule has 1 aromatic carbocycles. The van der Waals surface area contributed by atoms with Crippen LogP contribution in [0.1, 0.15) is 42.7 Å². The molecule has 0 aromatic heterocycles. The Hall–Kier alpha value is -1.18. The SMILES string of the molecule is Cc1ccc(N)c(C2CCCC2)c1N. The van der Waals surface area contributed by atoms with Crippen molar-refractivity contribution in [1.82, 2.24) is 0 Å². The Kier molecular flexibility index (Phi) is 2.36. The molecule has 0 bridgehead atoms. The third-order valence-corrected chi connectivity index (χ3v) is 3.30. The highest BCUT2D eigenvalue weighted by molar-refractivity contribution is 5.66. The van der Waals surface area contributed by atoms with E-state index in [9.17, 15) is 0 Å². The molecule has 0 saturated heterocycles. The van der Waals surface area contributed by atoms with Gasteiger partial charge in [-0.3, -0.25) is 0 Å². The van der Waals surface area contributed by atoms with E-state index in [1.54, 1.807) is 0 Å². The van der Waals surface area contributed by atoms with Crippen molar-refractivity contribution in [3.63, 3.8) is 0 Å². The van der Waals surface area contributed by atoms with Gasteiger partial charge in [0.1, 0.15) is 0 Å². The van der Waals surface area contributed by atoms with E-state index in [2.05, 4.69) is 0 Å². The number of aryl methyl sites for hydroxylation is 1. The van der Waals surface area contributed by atoms with Crippen LogP contribution in [0, 0.1) is 6.92 Å². The third-order valence-electron chi connectivity index (χ3n) is 3.30. The molecule has 2 heteroatoms. The highest BCUT2D eigenvalue weighted by Crippen LogP contribution is 2.40. The maximum Gasteiger partial charge on any atom is 0.0399 e. The van der Waals surface area contributed by atoms with Crippen molar-refractivity contribution in [2.75, 3.05) is 11.5 Å². The van der Waals surface area contributed by atoms with Gasteiger partial charge in [-0.2, -0.15) is 0 Å². The highest BCUT2D eigenvalue weighted by atomic mass is 14.6. The molecule has 0 amide bonds. The fraction of sp³-hybridized carbons (Fsp3) is 0.500. The summed E-state index contributed by atoms with van der Waals surface area (Å²) in [6.07, 6.45) is 5.13. The zero-order chi connectivity index (χ0) is 10.1. The quantitative estimate of drug-likeness (QED) is 0.669. The lowest BCUT2D eigenvalue weighted by Gasteiger charge is -2.17. The van der Waals surface area contributed by atoms with E-state index >= 15 is 0 Å². The first-order valence-electron chi connectivity index (χ1n) is 5.34. The second-order valence-corrected chi connectivity index (χ2v) is 4.28. The number of nitrogen functional groups attached to an aromatic ring is 2. The number of hydrogen-bond acceptors (Lipinski definition) is 2. The van der Waals surface area contributed by atoms with Gasteiger partial charge in [-0.15, -0.1) is 0 Å². The molecule has 0 unspecified atom stereocenters. The van der Waals surface area contributed by atoms with Crippen LogP contribution in [0.2, 0.25) is 0 Å². The maximum atomic E-state index is 6.08. The van der Waals surface area contributed by atoms with Crippen molar-refractivity contribution in [2.45, 2.75) is 38.5 Å². The van der Waals surface area contributed by atoms with Crippen molar-refractivity contribution in [3.8, 4) is 0 Å². The molecule has 0 heterocycles. The van der Waals surface area contributed by atoms with Crippen LogP contribution in [-0.4, -0.2) is 0 Å². The zero-order valence-electron chi connectivity index (χ0n) is 8.72. The lowest BCUT2D eigenvalue weighted by atomic mass is 9.92. The molecule has 0 atom stereocenters. The molecule has 1 aromatic rings. The van der Waals surface area contributed by atoms with E-state index in [1.807, 2.05) is 19.1 Å². The monoisotopic (exact) mass is 190 g/mol. The number of anilines is 2. The van der Waals surface area contributed by atoms with Crippen LogP contribution in [-0.2, 0) is 0 Å². The average molecular weight is 190 g/mol. The third kappa shape index (κ3) is 1.45. The maximum absolute atomic E-state index is 6.08. The van der Waals surface area contributed by atoms with Gasteiger partial charge in [-0.25, -0.2) is 0 Å². The standard InChI is InChI=1S/C12H18N2/c1-8-6-7-10(13)11(12(8)14)9-4-2-3-5-9/h6-7,9H,2-5,13-14H2,1H3. The molecule has 0 radical (unpaired) electrons. The van der Waals surface area contributed by atoms with Gasteiger partial charge in [0.15, 0.2) is 0 Å². The molecule has 1 fully saturated rings. The topological polar surface area (TPSA) is 52.0 Å². The molecule has 1 saturated carbocycles. The van der Waals surface area contributed by atoms with Gasteiger partial charge < -0.3 is 11.5 Å². The molecule has 0 spiro atoms. The molecular weight excluding hydrogens is 172 g/mol. The lowest BCUT2D eigenvalue weighted by molar-refractivity contribution is 0.727. The summed E-state index contributed by atoms with van der Waals surface area (Å²) >= 11 is 0. The van der Waals surface area contributed by atoms with Crippen molar-refractivity contribution in [2.24, 2.45) is 0 Å². The molecule has 0 aliphatic heterocycles. The van der Waals surface area contributed by atoms with Crippen LogP contribution in [0.15, 0.2) is 12.1 Å². The fourth-order valence-electron chi connectivity index (χ4n) is 2.43. The summed E-state index contributed by atoms with van der Waals surface area (Å²) in [5.74, 6) is 0.606. The highest BCUT2D eigenvalue weighted by Gasteiger charge is 2.21. The number of hydrogen-bond donors (Lipinski definition) is 2. The van der Waals surface area contributed by atoms with Crippen LogP contribution in [0.4, 0.5) is 11.4 Å². The summed E-state index contributed by atoms with van der Waals surface area (Å²) in [6, 6.07) is 3.99. The minimum Gasteiger partial charge on any atom is -0.398 e. The van der Waals surface area contributed by atoms with Gasteiger partial charge in [-0.05, 0) is 37.3 Å². The Balaban J connectivity index is 2.44. The molecule has 2 nitrogen and oxygen atoms in total. The van der Waals surface area contributed by atoms with Gasteiger partial charge in [0.05, 0.1) is 0 Å². The first kappa shape index (κ1) is 9.38. The summed E-state index contributed by atoms with van der Waals surface area (Å²) in [4.78, 5) is 0. The summed E-state index contributed by atoms with van der Waals surface area (Å²) in [5, 5.41) is 0. The first-order chi connectivity index (χ1) is 6.70. The van der Waals surface area contributed by atoms with Crippen LogP contribution < -0.4 is 11.5 Å². The Morgan fingerprint density at radius 3 is 2.43 bits per heavy atom. The smallest absolute Gasteiger partial charge is 0.0399 e. The molecule has 4 N–H and O–H groups in total. The van der Waals surface area contributed by atoms with Crippen LogP contribution in [0.3, 0.4) is 0 Å². The average Bonchev–Trinajstić information content (AvgIpc) is 2.65. The molecule has 1 aliphatic carbocycles. The Bertz CT molecular complexity index is 338. The largest absolute Gasteiger partial charge is 0.398 e.